The van der Waals surface area contributed by atoms with Crippen molar-refractivity contribution >= 4 is 23.7 Å². The molecule has 1 aromatic carbocycles. The maximum absolute atomic E-state index is 13.1. The molecule has 0 bridgehead atoms. The highest BCUT2D eigenvalue weighted by Crippen LogP contribution is 2.40. The number of unbranched alkanes of at least 4 members (excludes halogenated alkanes) is 3. The highest BCUT2D eigenvalue weighted by atomic mass is 32.2. The lowest BCUT2D eigenvalue weighted by Crippen LogP contribution is -2.29. The number of tetrazole rings is 1. The van der Waals surface area contributed by atoms with Crippen LogP contribution in [0.1, 0.15) is 89.7 Å². The smallest absolute Gasteiger partial charge is 0.264 e. The number of H-pyrrole nitrogens is 1. The van der Waals surface area contributed by atoms with E-state index in [2.05, 4.69) is 62.2 Å². The Morgan fingerprint density at radius 2 is 1.68 bits per heavy atom. The predicted molar refractivity (Wildman–Crippen MR) is 138 cm³/mol. The van der Waals surface area contributed by atoms with Gasteiger partial charge in [-0.2, -0.15) is 5.21 Å². The zero-order valence-corrected chi connectivity index (χ0v) is 22.0. The van der Waals surface area contributed by atoms with Crippen LogP contribution in [0, 0.1) is 0 Å². The van der Waals surface area contributed by atoms with Gasteiger partial charge >= 0.3 is 0 Å². The third-order valence-electron chi connectivity index (χ3n) is 5.89. The van der Waals surface area contributed by atoms with Gasteiger partial charge in [-0.05, 0) is 52.9 Å². The predicted octanol–water partition coefficient (Wildman–Crippen LogP) is 5.69. The van der Waals surface area contributed by atoms with Crippen molar-refractivity contribution in [2.24, 2.45) is 0 Å². The summed E-state index contributed by atoms with van der Waals surface area (Å²) < 4.78 is 0. The van der Waals surface area contributed by atoms with E-state index >= 15 is 0 Å². The highest BCUT2D eigenvalue weighted by Gasteiger charge is 2.27. The van der Waals surface area contributed by atoms with Crippen molar-refractivity contribution in [3.63, 3.8) is 0 Å². The van der Waals surface area contributed by atoms with Crippen LogP contribution >= 0.6 is 11.8 Å². The molecule has 1 aromatic heterocycles. The van der Waals surface area contributed by atoms with E-state index in [1.165, 1.54) is 11.8 Å². The molecule has 1 aliphatic heterocycles. The van der Waals surface area contributed by atoms with Gasteiger partial charge in [0.15, 0.2) is 5.82 Å². The third-order valence-corrected chi connectivity index (χ3v) is 6.70. The first-order valence-corrected chi connectivity index (χ1v) is 12.8. The summed E-state index contributed by atoms with van der Waals surface area (Å²) in [6.07, 6.45) is 8.72. The number of aromatic amines is 1. The van der Waals surface area contributed by atoms with Crippen molar-refractivity contribution in [1.82, 2.24) is 25.5 Å². The zero-order chi connectivity index (χ0) is 24.9. The monoisotopic (exact) mass is 483 g/mol. The number of aromatic nitrogens is 4. The minimum absolute atomic E-state index is 0.0296. The van der Waals surface area contributed by atoms with Gasteiger partial charge in [-0.15, -0.1) is 10.2 Å². The van der Waals surface area contributed by atoms with E-state index < -0.39 is 0 Å². The Bertz CT molecular complexity index is 1010. The number of aromatic hydroxyl groups is 1. The number of carbonyl (C=O) groups is 1. The normalized spacial score (nSPS) is 16.0. The molecule has 0 atom stereocenters. The number of amides is 1. The number of rotatable bonds is 8. The summed E-state index contributed by atoms with van der Waals surface area (Å²) in [4.78, 5) is 15.6. The van der Waals surface area contributed by atoms with Crippen molar-refractivity contribution in [3.05, 3.63) is 51.2 Å². The number of nitrogens with zero attached hydrogens (tertiary/aromatic N) is 4. The molecule has 0 saturated heterocycles. The number of nitrogens with one attached hydrogen (secondary N) is 1. The number of phenolic OH excluding ortho intramolecular Hbond substituents is 1. The van der Waals surface area contributed by atoms with E-state index in [1.807, 2.05) is 29.8 Å². The lowest BCUT2D eigenvalue weighted by Gasteiger charge is -2.28. The molecule has 184 valence electrons. The number of hydrogen-bond acceptors (Lipinski definition) is 6. The summed E-state index contributed by atoms with van der Waals surface area (Å²) in [6.45, 7) is 13.3. The molecule has 1 aliphatic rings. The Balaban J connectivity index is 1.67. The van der Waals surface area contributed by atoms with E-state index in [0.29, 0.717) is 17.2 Å². The maximum Gasteiger partial charge on any atom is 0.264 e. The van der Waals surface area contributed by atoms with E-state index in [4.69, 9.17) is 0 Å². The van der Waals surface area contributed by atoms with Crippen molar-refractivity contribution in [2.75, 3.05) is 6.54 Å². The van der Waals surface area contributed by atoms with Gasteiger partial charge in [-0.3, -0.25) is 4.79 Å². The quantitative estimate of drug-likeness (QED) is 0.370. The van der Waals surface area contributed by atoms with Crippen molar-refractivity contribution in [1.29, 1.82) is 0 Å². The van der Waals surface area contributed by atoms with Crippen LogP contribution in [0.3, 0.4) is 0 Å². The fourth-order valence-corrected chi connectivity index (χ4v) is 4.73. The first-order valence-electron chi connectivity index (χ1n) is 11.9. The molecule has 2 aromatic rings. The number of thioether (sulfide) groups is 1. The molecule has 34 heavy (non-hydrogen) atoms. The van der Waals surface area contributed by atoms with Crippen LogP contribution in [-0.4, -0.2) is 43.1 Å². The average molecular weight is 484 g/mol. The van der Waals surface area contributed by atoms with Crippen molar-refractivity contribution in [3.8, 4) is 5.75 Å². The average Bonchev–Trinajstić information content (AvgIpc) is 3.26. The number of hydrogen-bond donors (Lipinski definition) is 2. The molecule has 0 radical (unpaired) electrons. The van der Waals surface area contributed by atoms with E-state index in [1.54, 1.807) is 4.90 Å². The van der Waals surface area contributed by atoms with E-state index in [9.17, 15) is 9.90 Å². The van der Waals surface area contributed by atoms with Gasteiger partial charge in [0.1, 0.15) is 5.75 Å². The lowest BCUT2D eigenvalue weighted by atomic mass is 9.78. The molecule has 0 unspecified atom stereocenters. The lowest BCUT2D eigenvalue weighted by molar-refractivity contribution is -0.124. The van der Waals surface area contributed by atoms with Gasteiger partial charge in [0, 0.05) is 30.3 Å². The van der Waals surface area contributed by atoms with Gasteiger partial charge in [0.25, 0.3) is 5.91 Å². The topological polar surface area (TPSA) is 95.0 Å². The molecule has 0 fully saturated rings. The molecule has 2 N–H and O–H groups in total. The zero-order valence-electron chi connectivity index (χ0n) is 21.2. The van der Waals surface area contributed by atoms with Gasteiger partial charge in [0.2, 0.25) is 0 Å². The van der Waals surface area contributed by atoms with Crippen LogP contribution in [0.15, 0.2) is 28.6 Å². The number of aryl methyl sites for hydroxylation is 1. The second kappa shape index (κ2) is 10.8. The molecule has 8 heteroatoms. The maximum atomic E-state index is 13.1. The van der Waals surface area contributed by atoms with Crippen LogP contribution in [0.4, 0.5) is 0 Å². The summed E-state index contributed by atoms with van der Waals surface area (Å²) in [5, 5.41) is 26.9. The first-order chi connectivity index (χ1) is 16.0. The summed E-state index contributed by atoms with van der Waals surface area (Å²) in [5.41, 5.74) is 2.32. The molecular weight excluding hydrogens is 446 g/mol. The number of benzene rings is 1. The summed E-state index contributed by atoms with van der Waals surface area (Å²) in [5.74, 6) is 1.13. The molecule has 0 saturated carbocycles. The van der Waals surface area contributed by atoms with Crippen LogP contribution in [0.5, 0.6) is 5.75 Å². The largest absolute Gasteiger partial charge is 0.507 e. The molecule has 1 amide bonds. The highest BCUT2D eigenvalue weighted by molar-refractivity contribution is 8.06. The Kier molecular flexibility index (Phi) is 8.23. The molecular formula is C26H37N5O2S. The number of carbonyl (C=O) groups excluding carboxylic acids is 1. The minimum Gasteiger partial charge on any atom is -0.507 e. The first kappa shape index (κ1) is 26.0. The van der Waals surface area contributed by atoms with Gasteiger partial charge < -0.3 is 10.0 Å². The Hall–Kier alpha value is -2.61. The van der Waals surface area contributed by atoms with Crippen molar-refractivity contribution in [2.45, 2.75) is 84.5 Å². The molecule has 0 aliphatic carbocycles. The minimum atomic E-state index is -0.210. The Labute approximate surface area is 207 Å². The second-order valence-corrected chi connectivity index (χ2v) is 11.8. The second-order valence-electron chi connectivity index (χ2n) is 10.9. The van der Waals surface area contributed by atoms with E-state index in [0.717, 1.165) is 54.6 Å². The van der Waals surface area contributed by atoms with Crippen LogP contribution in [0.25, 0.3) is 6.08 Å². The molecule has 0 spiro atoms. The SMILES string of the molecule is CC(C)(C)c1cc(/C=C2\SC=CN(CCCCCCc3nn[nH]n3)C2=O)cc(C(C)(C)C)c1O. The Morgan fingerprint density at radius 3 is 2.26 bits per heavy atom. The summed E-state index contributed by atoms with van der Waals surface area (Å²) in [7, 11) is 0. The van der Waals surface area contributed by atoms with Crippen LogP contribution < -0.4 is 0 Å². The molecule has 2 heterocycles. The summed E-state index contributed by atoms with van der Waals surface area (Å²) >= 11 is 1.45. The fraction of sp³-hybridized carbons (Fsp3) is 0.538. The molecule has 7 nitrogen and oxygen atoms in total. The van der Waals surface area contributed by atoms with Gasteiger partial charge in [-0.1, -0.05) is 71.4 Å². The molecule has 3 rings (SSSR count). The third kappa shape index (κ3) is 6.72. The standard InChI is InChI=1S/C26H37N5O2S/c1-25(2,3)19-15-18(16-20(23(19)32)26(4,5)6)17-21-24(33)31(13-14-34-21)12-10-8-7-9-11-22-27-29-30-28-22/h13-17,32H,7-12H2,1-6H3,(H,27,28,29,30)/b21-17-. The van der Waals surface area contributed by atoms with E-state index in [-0.39, 0.29) is 16.7 Å². The van der Waals surface area contributed by atoms with Crippen LogP contribution in [0.2, 0.25) is 0 Å². The van der Waals surface area contributed by atoms with Crippen molar-refractivity contribution < 1.29 is 9.90 Å². The number of phenols is 1. The van der Waals surface area contributed by atoms with Gasteiger partial charge in [-0.25, -0.2) is 0 Å². The Morgan fingerprint density at radius 1 is 1.03 bits per heavy atom. The van der Waals surface area contributed by atoms with Crippen LogP contribution in [-0.2, 0) is 22.0 Å². The van der Waals surface area contributed by atoms with Gasteiger partial charge in [0.05, 0.1) is 4.91 Å². The summed E-state index contributed by atoms with van der Waals surface area (Å²) in [6, 6.07) is 4.02. The fourth-order valence-electron chi connectivity index (χ4n) is 3.95.